The van der Waals surface area contributed by atoms with E-state index in [2.05, 4.69) is 29.0 Å². The van der Waals surface area contributed by atoms with Crippen molar-refractivity contribution >= 4 is 44.9 Å². The summed E-state index contributed by atoms with van der Waals surface area (Å²) >= 11 is 2.71. The molecule has 0 fully saturated rings. The van der Waals surface area contributed by atoms with Gasteiger partial charge in [-0.15, -0.1) is 17.9 Å². The number of aromatic nitrogens is 2. The molecule has 0 bridgehead atoms. The van der Waals surface area contributed by atoms with Crippen LogP contribution in [0.4, 0.5) is 5.69 Å². The summed E-state index contributed by atoms with van der Waals surface area (Å²) in [5.74, 6) is -0.120. The van der Waals surface area contributed by atoms with Crippen LogP contribution >= 0.6 is 23.1 Å². The van der Waals surface area contributed by atoms with Crippen LogP contribution in [0.5, 0.6) is 0 Å². The number of fused-ring (bicyclic) bond motifs is 1. The summed E-state index contributed by atoms with van der Waals surface area (Å²) in [5, 5.41) is 5.59. The molecule has 1 unspecified atom stereocenters. The van der Waals surface area contributed by atoms with Crippen LogP contribution in [-0.4, -0.2) is 20.7 Å². The van der Waals surface area contributed by atoms with Crippen molar-refractivity contribution in [2.75, 3.05) is 5.32 Å². The summed E-state index contributed by atoms with van der Waals surface area (Å²) in [7, 11) is 0. The molecular formula is C21H23N3O2S2. The largest absolute Gasteiger partial charge is 0.325 e. The highest BCUT2D eigenvalue weighted by molar-refractivity contribution is 8.00. The summed E-state index contributed by atoms with van der Waals surface area (Å²) in [6.07, 6.45) is 1.66. The van der Waals surface area contributed by atoms with E-state index in [1.807, 2.05) is 33.1 Å². The van der Waals surface area contributed by atoms with Crippen molar-refractivity contribution < 1.29 is 4.79 Å². The number of allylic oxidation sites excluding steroid dienone is 1. The molecule has 0 spiro atoms. The van der Waals surface area contributed by atoms with Crippen molar-refractivity contribution in [2.45, 2.75) is 44.6 Å². The van der Waals surface area contributed by atoms with Gasteiger partial charge in [0.05, 0.1) is 10.6 Å². The van der Waals surface area contributed by atoms with E-state index in [1.165, 1.54) is 23.1 Å². The number of anilines is 1. The third-order valence-corrected chi connectivity index (χ3v) is 6.33. The van der Waals surface area contributed by atoms with Crippen LogP contribution in [0.1, 0.15) is 23.6 Å². The summed E-state index contributed by atoms with van der Waals surface area (Å²) < 4.78 is 1.57. The Hall–Kier alpha value is -2.38. The number of rotatable bonds is 6. The molecule has 7 heteroatoms. The van der Waals surface area contributed by atoms with Gasteiger partial charge in [0.25, 0.3) is 5.56 Å². The number of amides is 1. The molecule has 3 rings (SSSR count). The normalized spacial score (nSPS) is 12.1. The van der Waals surface area contributed by atoms with Gasteiger partial charge in [0.15, 0.2) is 5.16 Å². The maximum Gasteiger partial charge on any atom is 0.263 e. The van der Waals surface area contributed by atoms with Gasteiger partial charge in [-0.3, -0.25) is 14.2 Å². The van der Waals surface area contributed by atoms with Crippen LogP contribution in [0.25, 0.3) is 10.2 Å². The Labute approximate surface area is 172 Å². The molecule has 2 heterocycles. The number of carbonyl (C=O) groups excluding carboxylic acids is 1. The van der Waals surface area contributed by atoms with Crippen molar-refractivity contribution in [3.63, 3.8) is 0 Å². The SMILES string of the molecule is C=CCn1c(SC(C)C(=O)Nc2c(C)cc(C)cc2C)nc2sccc2c1=O. The van der Waals surface area contributed by atoms with E-state index in [4.69, 9.17) is 0 Å². The number of nitrogens with one attached hydrogen (secondary N) is 1. The first-order valence-electron chi connectivity index (χ1n) is 8.96. The molecule has 28 heavy (non-hydrogen) atoms. The molecule has 0 aliphatic rings. The van der Waals surface area contributed by atoms with Crippen molar-refractivity contribution in [3.8, 4) is 0 Å². The maximum absolute atomic E-state index is 12.8. The smallest absolute Gasteiger partial charge is 0.263 e. The minimum absolute atomic E-state index is 0.105. The van der Waals surface area contributed by atoms with Crippen molar-refractivity contribution in [2.24, 2.45) is 0 Å². The fraction of sp³-hybridized carbons (Fsp3) is 0.286. The Morgan fingerprint density at radius 1 is 1.36 bits per heavy atom. The van der Waals surface area contributed by atoms with Crippen molar-refractivity contribution in [1.82, 2.24) is 9.55 Å². The minimum Gasteiger partial charge on any atom is -0.325 e. The average Bonchev–Trinajstić information content (AvgIpc) is 3.09. The summed E-state index contributed by atoms with van der Waals surface area (Å²) in [4.78, 5) is 30.8. The van der Waals surface area contributed by atoms with Crippen LogP contribution in [0.2, 0.25) is 0 Å². The Kier molecular flexibility index (Phi) is 6.05. The van der Waals surface area contributed by atoms with E-state index >= 15 is 0 Å². The first-order valence-corrected chi connectivity index (χ1v) is 10.7. The number of hydrogen-bond acceptors (Lipinski definition) is 5. The van der Waals surface area contributed by atoms with Crippen LogP contribution < -0.4 is 10.9 Å². The molecule has 1 N–H and O–H groups in total. The predicted molar refractivity (Wildman–Crippen MR) is 119 cm³/mol. The second kappa shape index (κ2) is 8.32. The zero-order valence-electron chi connectivity index (χ0n) is 16.4. The molecule has 1 amide bonds. The van der Waals surface area contributed by atoms with Gasteiger partial charge in [0.1, 0.15) is 4.83 Å². The predicted octanol–water partition coefficient (Wildman–Crippen LogP) is 4.69. The second-order valence-electron chi connectivity index (χ2n) is 6.76. The molecule has 0 saturated heterocycles. The molecule has 1 aromatic carbocycles. The van der Waals surface area contributed by atoms with Crippen molar-refractivity contribution in [3.05, 3.63) is 63.3 Å². The van der Waals surface area contributed by atoms with Gasteiger partial charge in [-0.25, -0.2) is 4.98 Å². The Morgan fingerprint density at radius 2 is 2.04 bits per heavy atom. The quantitative estimate of drug-likeness (QED) is 0.362. The molecule has 146 valence electrons. The molecule has 3 aromatic rings. The number of benzene rings is 1. The maximum atomic E-state index is 12.8. The summed E-state index contributed by atoms with van der Waals surface area (Å²) in [6, 6.07) is 5.88. The highest BCUT2D eigenvalue weighted by atomic mass is 32.2. The lowest BCUT2D eigenvalue weighted by Crippen LogP contribution is -2.27. The molecule has 5 nitrogen and oxygen atoms in total. The third kappa shape index (κ3) is 4.05. The van der Waals surface area contributed by atoms with Crippen LogP contribution in [0, 0.1) is 20.8 Å². The fourth-order valence-corrected chi connectivity index (χ4v) is 4.85. The topological polar surface area (TPSA) is 64.0 Å². The Bertz CT molecular complexity index is 1090. The third-order valence-electron chi connectivity index (χ3n) is 4.44. The summed E-state index contributed by atoms with van der Waals surface area (Å²) in [5.41, 5.74) is 3.96. The van der Waals surface area contributed by atoms with Crippen molar-refractivity contribution in [1.29, 1.82) is 0 Å². The fourth-order valence-electron chi connectivity index (χ4n) is 3.12. The Balaban J connectivity index is 1.87. The lowest BCUT2D eigenvalue weighted by atomic mass is 10.1. The molecule has 0 saturated carbocycles. The summed E-state index contributed by atoms with van der Waals surface area (Å²) in [6.45, 7) is 11.9. The number of aryl methyl sites for hydroxylation is 3. The monoisotopic (exact) mass is 413 g/mol. The van der Waals surface area contributed by atoms with Gasteiger partial charge in [0, 0.05) is 12.2 Å². The van der Waals surface area contributed by atoms with Gasteiger partial charge in [-0.05, 0) is 50.3 Å². The molecule has 0 aliphatic heterocycles. The van der Waals surface area contributed by atoms with Gasteiger partial charge in [-0.1, -0.05) is 35.5 Å². The number of hydrogen-bond donors (Lipinski definition) is 1. The van der Waals surface area contributed by atoms with Crippen LogP contribution in [0.3, 0.4) is 0 Å². The minimum atomic E-state index is -0.416. The number of thioether (sulfide) groups is 1. The van der Waals surface area contributed by atoms with Gasteiger partial charge in [0.2, 0.25) is 5.91 Å². The zero-order chi connectivity index (χ0) is 20.4. The van der Waals surface area contributed by atoms with Gasteiger partial charge in [-0.2, -0.15) is 0 Å². The lowest BCUT2D eigenvalue weighted by Gasteiger charge is -2.17. The van der Waals surface area contributed by atoms with E-state index in [0.29, 0.717) is 21.9 Å². The molecule has 0 radical (unpaired) electrons. The molecule has 0 aliphatic carbocycles. The number of carbonyl (C=O) groups is 1. The standard InChI is InChI=1S/C21H23N3O2S2/c1-6-8-24-20(26)16-7-9-27-19(16)23-21(24)28-15(5)18(25)22-17-13(3)10-12(2)11-14(17)4/h6-7,9-11,15H,1,8H2,2-5H3,(H,22,25). The van der Waals surface area contributed by atoms with Crippen LogP contribution in [0.15, 0.2) is 46.2 Å². The highest BCUT2D eigenvalue weighted by Gasteiger charge is 2.20. The molecular weight excluding hydrogens is 390 g/mol. The lowest BCUT2D eigenvalue weighted by molar-refractivity contribution is -0.115. The second-order valence-corrected chi connectivity index (χ2v) is 8.96. The first kappa shape index (κ1) is 20.4. The van der Waals surface area contributed by atoms with E-state index < -0.39 is 5.25 Å². The molecule has 1 atom stereocenters. The number of nitrogens with zero attached hydrogens (tertiary/aromatic N) is 2. The van der Waals surface area contributed by atoms with E-state index in [9.17, 15) is 9.59 Å². The zero-order valence-corrected chi connectivity index (χ0v) is 18.0. The van der Waals surface area contributed by atoms with E-state index in [0.717, 1.165) is 22.4 Å². The van der Waals surface area contributed by atoms with Gasteiger partial charge >= 0.3 is 0 Å². The Morgan fingerprint density at radius 3 is 2.68 bits per heavy atom. The average molecular weight is 414 g/mol. The van der Waals surface area contributed by atoms with Gasteiger partial charge < -0.3 is 5.32 Å². The first-order chi connectivity index (χ1) is 13.3. The van der Waals surface area contributed by atoms with Crippen LogP contribution in [-0.2, 0) is 11.3 Å². The number of thiophene rings is 1. The van der Waals surface area contributed by atoms with E-state index in [1.54, 1.807) is 16.7 Å². The molecule has 2 aromatic heterocycles. The highest BCUT2D eigenvalue weighted by Crippen LogP contribution is 2.27. The van der Waals surface area contributed by atoms with E-state index in [-0.39, 0.29) is 11.5 Å².